The molecule has 22 heteroatoms. The van der Waals surface area contributed by atoms with Crippen molar-refractivity contribution in [2.75, 3.05) is 11.9 Å². The number of aliphatic hydroxyl groups excluding tert-OH is 2. The van der Waals surface area contributed by atoms with Crippen LogP contribution in [0.15, 0.2) is 72.8 Å². The van der Waals surface area contributed by atoms with Gasteiger partial charge in [-0.25, -0.2) is 9.59 Å². The van der Waals surface area contributed by atoms with Crippen LogP contribution in [0.3, 0.4) is 0 Å². The van der Waals surface area contributed by atoms with E-state index in [1.54, 1.807) is 69.3 Å². The van der Waals surface area contributed by atoms with E-state index in [1.807, 2.05) is 197 Å². The van der Waals surface area contributed by atoms with Gasteiger partial charge in [-0.1, -0.05) is 194 Å². The summed E-state index contributed by atoms with van der Waals surface area (Å²) in [7, 11) is 0. The van der Waals surface area contributed by atoms with Gasteiger partial charge in [0.25, 0.3) is 11.8 Å². The Labute approximate surface area is 732 Å². The topological polar surface area (TPSA) is 356 Å². The van der Waals surface area contributed by atoms with Crippen LogP contribution in [0.2, 0.25) is 0 Å². The van der Waals surface area contributed by atoms with Crippen LogP contribution in [-0.2, 0) is 35.2 Å². The molecule has 0 aliphatic carbocycles. The second-order valence-electron chi connectivity index (χ2n) is 46.6. The maximum Gasteiger partial charge on any atom is 0.319 e. The highest BCUT2D eigenvalue weighted by molar-refractivity contribution is 6.02. The average Bonchev–Trinajstić information content (AvgIpc) is 0.853. The second-order valence-corrected chi connectivity index (χ2v) is 46.6. The smallest absolute Gasteiger partial charge is 0.319 e. The summed E-state index contributed by atoms with van der Waals surface area (Å²) in [6, 6.07) is 21.0. The zero-order valence-electron chi connectivity index (χ0n) is 82.5. The lowest BCUT2D eigenvalue weighted by molar-refractivity contribution is -0.146. The molecule has 690 valence electrons. The molecule has 1 unspecified atom stereocenters. The lowest BCUT2D eigenvalue weighted by Crippen LogP contribution is -2.51. The number of aliphatic hydroxyl groups is 2. The molecular formula is C99H170N8O14. The average molecular weight is 1700 g/mol. The Bertz CT molecular complexity index is 3510. The number of hydrogen-bond acceptors (Lipinski definition) is 15. The molecule has 0 heterocycles. The van der Waals surface area contributed by atoms with Gasteiger partial charge in [-0.05, 0) is 210 Å². The van der Waals surface area contributed by atoms with Crippen LogP contribution in [0.5, 0.6) is 0 Å². The van der Waals surface area contributed by atoms with Gasteiger partial charge in [0.2, 0.25) is 5.91 Å². The molecule has 3 aromatic rings. The molecule has 11 N–H and O–H groups in total. The number of unbranched alkanes of at least 4 members (excludes halogenated alkanes) is 2. The molecule has 0 bridgehead atoms. The molecule has 0 saturated heterocycles. The van der Waals surface area contributed by atoms with Gasteiger partial charge in [0.05, 0.1) is 0 Å². The van der Waals surface area contributed by atoms with E-state index in [4.69, 9.17) is 5.73 Å². The first kappa shape index (κ1) is 117. The largest absolute Gasteiger partial charge is 0.382 e. The predicted octanol–water partition coefficient (Wildman–Crippen LogP) is 20.4. The van der Waals surface area contributed by atoms with E-state index >= 15 is 0 Å². The Hall–Kier alpha value is -7.82. The molecule has 0 fully saturated rings. The van der Waals surface area contributed by atoms with E-state index in [1.165, 1.54) is 0 Å². The molecule has 0 aromatic heterocycles. The van der Waals surface area contributed by atoms with E-state index in [9.17, 15) is 67.7 Å². The molecule has 0 saturated carbocycles. The van der Waals surface area contributed by atoms with Crippen molar-refractivity contribution in [2.45, 2.75) is 404 Å². The van der Waals surface area contributed by atoms with Crippen LogP contribution < -0.4 is 43.0 Å². The summed E-state index contributed by atoms with van der Waals surface area (Å²) >= 11 is 0. The van der Waals surface area contributed by atoms with Gasteiger partial charge in [0.15, 0.2) is 29.2 Å². The summed E-state index contributed by atoms with van der Waals surface area (Å²) in [4.78, 5) is 142. The van der Waals surface area contributed by atoms with Crippen molar-refractivity contribution in [2.24, 2.45) is 43.6 Å². The van der Waals surface area contributed by atoms with Crippen LogP contribution >= 0.6 is 0 Å². The van der Waals surface area contributed by atoms with Crippen molar-refractivity contribution in [1.82, 2.24) is 31.9 Å². The molecule has 3 aromatic carbocycles. The van der Waals surface area contributed by atoms with E-state index in [0.717, 1.165) is 24.8 Å². The van der Waals surface area contributed by atoms with E-state index in [-0.39, 0.29) is 119 Å². The number of benzene rings is 3. The Morgan fingerprint density at radius 2 is 0.694 bits per heavy atom. The number of carbonyl (C=O) groups is 12. The van der Waals surface area contributed by atoms with Crippen molar-refractivity contribution in [3.05, 3.63) is 101 Å². The third-order valence-electron chi connectivity index (χ3n) is 16.2. The van der Waals surface area contributed by atoms with Gasteiger partial charge in [0, 0.05) is 138 Å². The van der Waals surface area contributed by atoms with Gasteiger partial charge >= 0.3 is 12.1 Å². The summed E-state index contributed by atoms with van der Waals surface area (Å²) in [5.74, 6) is -0.233. The number of urea groups is 2. The normalized spacial score (nSPS) is 13.3. The molecule has 0 aliphatic heterocycles. The first-order valence-electron chi connectivity index (χ1n) is 43.2. The summed E-state index contributed by atoms with van der Waals surface area (Å²) in [5, 5.41) is 38.9. The monoisotopic (exact) mass is 1700 g/mol. The van der Waals surface area contributed by atoms with E-state index < -0.39 is 35.0 Å². The summed E-state index contributed by atoms with van der Waals surface area (Å²) in [6.45, 7) is 73.7. The summed E-state index contributed by atoms with van der Waals surface area (Å²) in [5.41, 5.74) is 8.18. The van der Waals surface area contributed by atoms with Crippen molar-refractivity contribution >= 4 is 76.0 Å². The van der Waals surface area contributed by atoms with E-state index in [2.05, 4.69) is 99.5 Å². The Kier molecular flexibility index (Phi) is 48.7. The maximum atomic E-state index is 12.2. The first-order chi connectivity index (χ1) is 53.9. The van der Waals surface area contributed by atoms with Crippen molar-refractivity contribution in [3.8, 4) is 0 Å². The molecule has 22 nitrogen and oxygen atoms in total. The third kappa shape index (κ3) is 70.3. The van der Waals surface area contributed by atoms with Crippen LogP contribution in [0.4, 0.5) is 15.3 Å². The molecule has 0 radical (unpaired) electrons. The van der Waals surface area contributed by atoms with Crippen molar-refractivity contribution in [1.29, 1.82) is 0 Å². The van der Waals surface area contributed by atoms with Gasteiger partial charge < -0.3 is 53.2 Å². The van der Waals surface area contributed by atoms with Gasteiger partial charge in [0.1, 0.15) is 23.5 Å². The minimum atomic E-state index is -1.72. The number of rotatable bonds is 29. The SMILES string of the molecule is CC(C)(C)CC(=O)CCC(C)(N)CCC(=O)NC(C)(C)C.CC(C)(C)CC(=O)CCCCCNC(=O)NC(C)(C)C.CC(C)(C)CC(=O)Cc1ccc(NC(=O)NC(C)(C)C)cc1.CC(C)(C)CC(=O)[C@H](O)[C@@H](O)C(=O)NC(C)(C)C.CC(C)(C)CC(=O)c1ccc(C(=O)NC(C)(C)C)cc1.CC(C)(C)CC(=O)c1cccc(C(=O)CC(C)(C)C)c1. The number of ketones is 7. The highest BCUT2D eigenvalue weighted by Gasteiger charge is 2.34. The van der Waals surface area contributed by atoms with Crippen LogP contribution in [0.1, 0.15) is 399 Å². The quantitative estimate of drug-likeness (QED) is 0.0228. The number of carbonyl (C=O) groups excluding carboxylic acids is 12. The van der Waals surface area contributed by atoms with Crippen LogP contribution in [-0.4, -0.2) is 132 Å². The second kappa shape index (κ2) is 50.2. The number of Topliss-reactive ketones (excluding diaryl/α,β-unsaturated/α-hetero) is 7. The molecular weight excluding hydrogens is 1530 g/mol. The molecule has 3 atom stereocenters. The van der Waals surface area contributed by atoms with Crippen LogP contribution in [0, 0.1) is 37.9 Å². The number of nitrogens with one attached hydrogen (secondary N) is 7. The Balaban J connectivity index is -0.00000138. The fourth-order valence-electron chi connectivity index (χ4n) is 11.3. The first-order valence-corrected chi connectivity index (χ1v) is 43.2. The molecule has 0 aliphatic rings. The van der Waals surface area contributed by atoms with E-state index in [0.29, 0.717) is 117 Å². The van der Waals surface area contributed by atoms with Crippen molar-refractivity contribution < 1.29 is 67.7 Å². The lowest BCUT2D eigenvalue weighted by Gasteiger charge is -2.26. The Morgan fingerprint density at radius 3 is 1.08 bits per heavy atom. The minimum Gasteiger partial charge on any atom is -0.382 e. The molecule has 7 amide bonds. The fraction of sp³-hybridized carbons (Fsp3) is 0.697. The maximum absolute atomic E-state index is 12.2. The fourth-order valence-corrected chi connectivity index (χ4v) is 11.3. The molecule has 3 rings (SSSR count). The predicted molar refractivity (Wildman–Crippen MR) is 497 cm³/mol. The molecule has 0 spiro atoms. The lowest BCUT2D eigenvalue weighted by atomic mass is 9.85. The van der Waals surface area contributed by atoms with Gasteiger partial charge in [-0.2, -0.15) is 0 Å². The zero-order valence-corrected chi connectivity index (χ0v) is 82.5. The number of amides is 7. The highest BCUT2D eigenvalue weighted by Crippen LogP contribution is 2.29. The summed E-state index contributed by atoms with van der Waals surface area (Å²) < 4.78 is 0. The number of hydrogen-bond donors (Lipinski definition) is 10. The van der Waals surface area contributed by atoms with Gasteiger partial charge in [-0.3, -0.25) is 47.9 Å². The number of nitrogens with two attached hydrogens (primary N) is 1. The van der Waals surface area contributed by atoms with Gasteiger partial charge in [-0.15, -0.1) is 0 Å². The molecule has 121 heavy (non-hydrogen) atoms. The van der Waals surface area contributed by atoms with Crippen molar-refractivity contribution in [3.63, 3.8) is 0 Å². The summed E-state index contributed by atoms with van der Waals surface area (Å²) in [6.07, 6.45) is 6.01. The van der Waals surface area contributed by atoms with Crippen LogP contribution in [0.25, 0.3) is 0 Å². The number of anilines is 1. The standard InChI is InChI=1S/C18H28N2O2.C18H26O2.C17H34N2O2.C17H25NO2.C16H32N2O2.C13H25NO4/c1-17(2,3)12-15(21)11-13-7-9-14(10-8-13)19-16(22)20-18(4,5)6;1-17(2,3)11-15(19)13-8-7-9-14(10-13)16(20)12-18(4,5)6;1-15(2,3)12-13(20)8-10-17(7,18)11-9-14(21)19-16(4,5)6;1-16(2,3)11-14(19)12-7-9-13(10-8-12)15(20)18-17(4,5)6;1-15(2,3)12-13(19)10-8-7-9-11-17-14(20)18-16(4,5)6;1-12(2,3)7-8(15)9(16)10(17)11(18)14-13(4,5)6/h7-10H,11-12H2,1-6H3,(H2,19,20,22);7-10H,11-12H2,1-6H3;8-12,18H2,1-7H3,(H,19,21);7-10H,11H2,1-6H3,(H,18,20);7-12H2,1-6H3,(H2,17,18,20);9-10,16-17H,7H2,1-6H3,(H,14,18)/t;;;;;9-,10+/m.....0/s1. The minimum absolute atomic E-state index is 0.0141. The Morgan fingerprint density at radius 1 is 0.339 bits per heavy atom. The zero-order chi connectivity index (χ0) is 95.5. The highest BCUT2D eigenvalue weighted by atomic mass is 16.3. The third-order valence-corrected chi connectivity index (χ3v) is 16.2.